The van der Waals surface area contributed by atoms with E-state index < -0.39 is 54.3 Å². The molecular formula is C37H67N5O8. The second-order valence-corrected chi connectivity index (χ2v) is 15.0. The third-order valence-corrected chi connectivity index (χ3v) is 11.2. The van der Waals surface area contributed by atoms with Crippen LogP contribution in [0.5, 0.6) is 0 Å². The van der Waals surface area contributed by atoms with Gasteiger partial charge in [-0.15, -0.1) is 0 Å². The van der Waals surface area contributed by atoms with Gasteiger partial charge in [0.05, 0.1) is 42.7 Å². The first-order valence-electron chi connectivity index (χ1n) is 18.8. The maximum Gasteiger partial charge on any atom is 0.306 e. The van der Waals surface area contributed by atoms with E-state index in [1.807, 2.05) is 27.7 Å². The van der Waals surface area contributed by atoms with Crippen LogP contribution in [0.1, 0.15) is 106 Å². The van der Waals surface area contributed by atoms with Crippen molar-refractivity contribution in [1.82, 2.24) is 25.8 Å². The summed E-state index contributed by atoms with van der Waals surface area (Å²) in [6.07, 6.45) is 5.22. The zero-order chi connectivity index (χ0) is 37.7. The third kappa shape index (κ3) is 11.6. The number of likely N-dealkylation sites (N-methyl/N-ethyl adjacent to an activating group) is 2. The summed E-state index contributed by atoms with van der Waals surface area (Å²) >= 11 is 0. The van der Waals surface area contributed by atoms with E-state index in [1.165, 1.54) is 19.1 Å². The van der Waals surface area contributed by atoms with Gasteiger partial charge < -0.3 is 40.3 Å². The average molecular weight is 710 g/mol. The first-order valence-corrected chi connectivity index (χ1v) is 18.8. The topological polar surface area (TPSA) is 167 Å². The van der Waals surface area contributed by atoms with Crippen molar-refractivity contribution in [1.29, 1.82) is 0 Å². The summed E-state index contributed by atoms with van der Waals surface area (Å²) in [7, 11) is 6.40. The fourth-order valence-electron chi connectivity index (χ4n) is 7.58. The van der Waals surface area contributed by atoms with Gasteiger partial charge in [0.25, 0.3) is 0 Å². The molecule has 50 heavy (non-hydrogen) atoms. The quantitative estimate of drug-likeness (QED) is 0.212. The molecule has 0 aromatic heterocycles. The molecule has 0 aliphatic carbocycles. The lowest BCUT2D eigenvalue weighted by atomic mass is 9.90. The molecule has 4 amide bonds. The highest BCUT2D eigenvalue weighted by Gasteiger charge is 2.44. The zero-order valence-corrected chi connectivity index (χ0v) is 32.3. The van der Waals surface area contributed by atoms with Gasteiger partial charge in [0.1, 0.15) is 12.1 Å². The molecule has 0 radical (unpaired) electrons. The highest BCUT2D eigenvalue weighted by atomic mass is 16.5. The third-order valence-electron chi connectivity index (χ3n) is 11.2. The molecule has 0 bridgehead atoms. The van der Waals surface area contributed by atoms with Crippen LogP contribution in [0.15, 0.2) is 0 Å². The molecule has 2 rings (SSSR count). The lowest BCUT2D eigenvalue weighted by molar-refractivity contribution is -0.151. The largest absolute Gasteiger partial charge is 0.481 e. The molecule has 2 aliphatic heterocycles. The number of nitrogens with zero attached hydrogens (tertiary/aromatic N) is 2. The molecule has 13 nitrogen and oxygen atoms in total. The molecule has 2 aliphatic rings. The van der Waals surface area contributed by atoms with Crippen LogP contribution in [0.25, 0.3) is 0 Å². The van der Waals surface area contributed by atoms with Gasteiger partial charge in [-0.3, -0.25) is 24.0 Å². The van der Waals surface area contributed by atoms with Crippen LogP contribution in [0, 0.1) is 23.7 Å². The van der Waals surface area contributed by atoms with Crippen LogP contribution < -0.4 is 16.0 Å². The van der Waals surface area contributed by atoms with Gasteiger partial charge in [-0.1, -0.05) is 67.2 Å². The Morgan fingerprint density at radius 3 is 2.20 bits per heavy atom. The van der Waals surface area contributed by atoms with Gasteiger partial charge in [-0.05, 0) is 56.9 Å². The minimum absolute atomic E-state index is 0.0465. The maximum absolute atomic E-state index is 14.6. The van der Waals surface area contributed by atoms with E-state index in [1.54, 1.807) is 25.9 Å². The number of likely N-dealkylation sites (tertiary alicyclic amines) is 1. The second-order valence-electron chi connectivity index (χ2n) is 15.0. The molecule has 0 aromatic rings. The van der Waals surface area contributed by atoms with Crippen molar-refractivity contribution in [2.75, 3.05) is 34.9 Å². The van der Waals surface area contributed by atoms with Crippen molar-refractivity contribution in [2.24, 2.45) is 23.7 Å². The maximum atomic E-state index is 14.6. The van der Waals surface area contributed by atoms with E-state index in [4.69, 9.17) is 9.47 Å². The summed E-state index contributed by atoms with van der Waals surface area (Å²) in [6.45, 7) is 12.1. The number of carbonyl (C=O) groups excluding carboxylic acids is 4. The Hall–Kier alpha value is -2.77. The van der Waals surface area contributed by atoms with E-state index in [0.717, 1.165) is 32.1 Å². The summed E-state index contributed by atoms with van der Waals surface area (Å²) in [5.41, 5.74) is 0. The van der Waals surface area contributed by atoms with E-state index in [0.29, 0.717) is 38.1 Å². The van der Waals surface area contributed by atoms with Crippen molar-refractivity contribution < 1.29 is 38.6 Å². The van der Waals surface area contributed by atoms with Gasteiger partial charge in [0, 0.05) is 27.8 Å². The van der Waals surface area contributed by atoms with Crippen LogP contribution in [0.3, 0.4) is 0 Å². The molecule has 2 heterocycles. The van der Waals surface area contributed by atoms with E-state index in [9.17, 15) is 29.1 Å². The number of carboxylic acids is 1. The number of hydrogen-bond acceptors (Lipinski definition) is 8. The predicted octanol–water partition coefficient (Wildman–Crippen LogP) is 3.20. The number of ether oxygens (including phenoxy) is 2. The number of carboxylic acid groups (broad SMARTS) is 1. The molecule has 2 saturated heterocycles. The summed E-state index contributed by atoms with van der Waals surface area (Å²) in [5.74, 6) is -2.60. The highest BCUT2D eigenvalue weighted by Crippen LogP contribution is 2.30. The minimum atomic E-state index is -1.01. The molecule has 0 unspecified atom stereocenters. The smallest absolute Gasteiger partial charge is 0.306 e. The number of aliphatic carboxylic acids is 1. The van der Waals surface area contributed by atoms with Gasteiger partial charge >= 0.3 is 5.97 Å². The standard InChI is InChI=1S/C37H67N5O8/c1-11-24(5)32(29(49-9)21-30(43)44)40-34(45)25(6)33(50-10)27-17-14-20-42(27)36(47)28-19-18-23(4)15-12-13-16-26(38-7)35(46)39-31(22(2)3)37(48)41(28)8/h22-29,31-33,38H,11-21H2,1-10H3,(H,39,46)(H,40,45)(H,43,44)/t23-,24-,25+,26-,27-,28-,29+,31-,32-,33+/m0/s1. The lowest BCUT2D eigenvalue weighted by Crippen LogP contribution is -2.60. The Bertz CT molecular complexity index is 1120. The zero-order valence-electron chi connectivity index (χ0n) is 32.3. The van der Waals surface area contributed by atoms with Crippen LogP contribution in [-0.4, -0.2) is 122 Å². The predicted molar refractivity (Wildman–Crippen MR) is 192 cm³/mol. The molecule has 288 valence electrons. The highest BCUT2D eigenvalue weighted by molar-refractivity contribution is 5.93. The average Bonchev–Trinajstić information content (AvgIpc) is 3.56. The summed E-state index contributed by atoms with van der Waals surface area (Å²) in [4.78, 5) is 70.6. The lowest BCUT2D eigenvalue weighted by Gasteiger charge is -2.39. The van der Waals surface area contributed by atoms with Crippen molar-refractivity contribution in [2.45, 2.75) is 148 Å². The van der Waals surface area contributed by atoms with Crippen molar-refractivity contribution in [3.05, 3.63) is 0 Å². The van der Waals surface area contributed by atoms with Crippen LogP contribution in [-0.2, 0) is 33.4 Å². The monoisotopic (exact) mass is 709 g/mol. The molecular weight excluding hydrogens is 642 g/mol. The second kappa shape index (κ2) is 20.9. The SMILES string of the molecule is CC[C@H](C)[C@H](NC(=O)[C@H](C)[C@@H](OC)[C@@H]1CCCN1C(=O)[C@@H]1CC[C@@H](C)CCCC[C@H](NC)C(=O)N[C@@H](C(C)C)C(=O)N1C)[C@@H](CC(=O)O)OC. The Balaban J connectivity index is 2.39. The first kappa shape index (κ1) is 43.4. The normalized spacial score (nSPS) is 27.5. The Kier molecular flexibility index (Phi) is 18.2. The molecule has 0 saturated carbocycles. The van der Waals surface area contributed by atoms with Crippen LogP contribution in [0.2, 0.25) is 0 Å². The summed E-state index contributed by atoms with van der Waals surface area (Å²) in [6, 6.07) is -2.88. The summed E-state index contributed by atoms with van der Waals surface area (Å²) < 4.78 is 11.5. The molecule has 2 fully saturated rings. The Morgan fingerprint density at radius 1 is 0.980 bits per heavy atom. The number of methoxy groups -OCH3 is 2. The number of nitrogens with one attached hydrogen (secondary N) is 3. The molecule has 0 aromatic carbocycles. The van der Waals surface area contributed by atoms with Crippen LogP contribution in [0.4, 0.5) is 0 Å². The number of hydrogen-bond donors (Lipinski definition) is 4. The Morgan fingerprint density at radius 2 is 1.64 bits per heavy atom. The molecule has 4 N–H and O–H groups in total. The molecule has 13 heteroatoms. The molecule has 10 atom stereocenters. The first-order chi connectivity index (χ1) is 23.6. The fraction of sp³-hybridized carbons (Fsp3) is 0.865. The Labute approximate surface area is 300 Å². The van der Waals surface area contributed by atoms with Gasteiger partial charge in [-0.25, -0.2) is 0 Å². The van der Waals surface area contributed by atoms with Gasteiger partial charge in [0.2, 0.25) is 23.6 Å². The number of carbonyl (C=O) groups is 5. The van der Waals surface area contributed by atoms with Crippen molar-refractivity contribution in [3.8, 4) is 0 Å². The molecule has 0 spiro atoms. The van der Waals surface area contributed by atoms with Crippen LogP contribution >= 0.6 is 0 Å². The van der Waals surface area contributed by atoms with E-state index in [-0.39, 0.29) is 41.9 Å². The van der Waals surface area contributed by atoms with Crippen molar-refractivity contribution in [3.63, 3.8) is 0 Å². The van der Waals surface area contributed by atoms with Gasteiger partial charge in [-0.2, -0.15) is 0 Å². The summed E-state index contributed by atoms with van der Waals surface area (Å²) in [5, 5.41) is 18.6. The van der Waals surface area contributed by atoms with Gasteiger partial charge in [0.15, 0.2) is 0 Å². The van der Waals surface area contributed by atoms with Crippen molar-refractivity contribution >= 4 is 29.6 Å². The number of rotatable bonds is 14. The van der Waals surface area contributed by atoms with E-state index >= 15 is 0 Å². The minimum Gasteiger partial charge on any atom is -0.481 e. The number of amides is 4. The fourth-order valence-corrected chi connectivity index (χ4v) is 7.58. The van der Waals surface area contributed by atoms with E-state index in [2.05, 4.69) is 22.9 Å².